The van der Waals surface area contributed by atoms with Gasteiger partial charge in [0, 0.05) is 15.6 Å². The molecule has 3 heteroatoms. The number of rotatable bonds is 7. The van der Waals surface area contributed by atoms with Crippen LogP contribution in [-0.2, 0) is 0 Å². The van der Waals surface area contributed by atoms with E-state index < -0.39 is 0 Å². The van der Waals surface area contributed by atoms with Gasteiger partial charge in [-0.2, -0.15) is 0 Å². The predicted octanol–water partition coefficient (Wildman–Crippen LogP) is 5.26. The van der Waals surface area contributed by atoms with E-state index >= 15 is 0 Å². The topological polar surface area (TPSA) is 17.1 Å². The third kappa shape index (κ3) is 5.21. The summed E-state index contributed by atoms with van der Waals surface area (Å²) in [5, 5.41) is 0.656. The van der Waals surface area contributed by atoms with Gasteiger partial charge in [-0.15, -0.1) is 6.58 Å². The highest BCUT2D eigenvalue weighted by atomic mass is 127. The number of hydrogen-bond acceptors (Lipinski definition) is 1. The molecule has 0 heterocycles. The van der Waals surface area contributed by atoms with Crippen LogP contribution < -0.4 is 0 Å². The number of halogens is 2. The number of hydrogen-bond donors (Lipinski definition) is 0. The van der Waals surface area contributed by atoms with Gasteiger partial charge in [-0.05, 0) is 54.0 Å². The van der Waals surface area contributed by atoms with Gasteiger partial charge in [-0.3, -0.25) is 4.79 Å². The highest BCUT2D eigenvalue weighted by Gasteiger charge is 2.07. The summed E-state index contributed by atoms with van der Waals surface area (Å²) in [6.07, 6.45) is 6.69. The van der Waals surface area contributed by atoms with E-state index in [1.807, 2.05) is 18.2 Å². The molecule has 92 valence electrons. The molecule has 0 saturated carbocycles. The maximum Gasteiger partial charge on any atom is 0.162 e. The average molecular weight is 363 g/mol. The second kappa shape index (κ2) is 7.88. The Hall–Kier alpha value is -0.350. The summed E-state index contributed by atoms with van der Waals surface area (Å²) < 4.78 is 0.979. The first-order chi connectivity index (χ1) is 8.15. The van der Waals surface area contributed by atoms with E-state index in [1.165, 1.54) is 0 Å². The number of allylic oxidation sites excluding steroid dienone is 1. The van der Waals surface area contributed by atoms with Crippen molar-refractivity contribution in [3.05, 3.63) is 45.0 Å². The van der Waals surface area contributed by atoms with Gasteiger partial charge >= 0.3 is 0 Å². The second-order valence-corrected chi connectivity index (χ2v) is 5.51. The lowest BCUT2D eigenvalue weighted by Gasteiger charge is -2.03. The van der Waals surface area contributed by atoms with Crippen LogP contribution in [0.4, 0.5) is 0 Å². The summed E-state index contributed by atoms with van der Waals surface area (Å²) in [5.74, 6) is 0.182. The van der Waals surface area contributed by atoms with Gasteiger partial charge in [0.2, 0.25) is 0 Å². The fourth-order valence-corrected chi connectivity index (χ4v) is 2.08. The van der Waals surface area contributed by atoms with Gasteiger partial charge in [0.1, 0.15) is 0 Å². The molecule has 0 N–H and O–H groups in total. The van der Waals surface area contributed by atoms with E-state index in [0.717, 1.165) is 34.8 Å². The minimum atomic E-state index is 0.182. The summed E-state index contributed by atoms with van der Waals surface area (Å²) >= 11 is 8.15. The van der Waals surface area contributed by atoms with Crippen LogP contribution in [0.15, 0.2) is 30.9 Å². The molecule has 0 aliphatic carbocycles. The van der Waals surface area contributed by atoms with Crippen molar-refractivity contribution in [2.45, 2.75) is 32.1 Å². The number of carbonyl (C=O) groups excluding carboxylic acids is 1. The molecule has 0 radical (unpaired) electrons. The number of Topliss-reactive ketones (excluding diaryl/α,β-unsaturated/α-hetero) is 1. The smallest absolute Gasteiger partial charge is 0.162 e. The highest BCUT2D eigenvalue weighted by Crippen LogP contribution is 2.20. The van der Waals surface area contributed by atoms with E-state index in [9.17, 15) is 4.79 Å². The van der Waals surface area contributed by atoms with Crippen molar-refractivity contribution in [3.8, 4) is 0 Å². The number of unbranched alkanes of at least 4 members (excludes halogenated alkanes) is 3. The number of carbonyl (C=O) groups is 1. The minimum Gasteiger partial charge on any atom is -0.294 e. The number of benzene rings is 1. The third-order valence-electron chi connectivity index (χ3n) is 2.55. The predicted molar refractivity (Wildman–Crippen MR) is 81.8 cm³/mol. The Morgan fingerprint density at radius 2 is 2.12 bits per heavy atom. The quantitative estimate of drug-likeness (QED) is 0.280. The first kappa shape index (κ1) is 14.7. The van der Waals surface area contributed by atoms with Crippen LogP contribution in [0.5, 0.6) is 0 Å². The Kier molecular flexibility index (Phi) is 6.82. The molecule has 17 heavy (non-hydrogen) atoms. The first-order valence-corrected chi connectivity index (χ1v) is 7.20. The van der Waals surface area contributed by atoms with Crippen LogP contribution in [0.1, 0.15) is 42.5 Å². The van der Waals surface area contributed by atoms with Gasteiger partial charge in [-0.25, -0.2) is 0 Å². The molecule has 0 aromatic heterocycles. The molecule has 0 atom stereocenters. The molecule has 0 aliphatic rings. The van der Waals surface area contributed by atoms with Crippen LogP contribution >= 0.6 is 34.2 Å². The Morgan fingerprint density at radius 1 is 1.35 bits per heavy atom. The van der Waals surface area contributed by atoms with Gasteiger partial charge in [0.25, 0.3) is 0 Å². The zero-order chi connectivity index (χ0) is 12.7. The van der Waals surface area contributed by atoms with Crippen molar-refractivity contribution < 1.29 is 4.79 Å². The summed E-state index contributed by atoms with van der Waals surface area (Å²) in [6.45, 7) is 3.68. The fourth-order valence-electron chi connectivity index (χ4n) is 1.56. The van der Waals surface area contributed by atoms with Crippen LogP contribution in [0.3, 0.4) is 0 Å². The largest absolute Gasteiger partial charge is 0.294 e. The summed E-state index contributed by atoms with van der Waals surface area (Å²) in [7, 11) is 0. The van der Waals surface area contributed by atoms with Crippen LogP contribution in [-0.4, -0.2) is 5.78 Å². The Balaban J connectivity index is 2.41. The van der Waals surface area contributed by atoms with Crippen molar-refractivity contribution in [2.75, 3.05) is 0 Å². The average Bonchev–Trinajstić information content (AvgIpc) is 2.32. The summed E-state index contributed by atoms with van der Waals surface area (Å²) in [4.78, 5) is 11.9. The van der Waals surface area contributed by atoms with E-state index in [-0.39, 0.29) is 5.78 Å². The highest BCUT2D eigenvalue weighted by molar-refractivity contribution is 14.1. The lowest BCUT2D eigenvalue weighted by atomic mass is 10.0. The molecule has 0 saturated heterocycles. The molecular weight excluding hydrogens is 347 g/mol. The molecule has 1 nitrogen and oxygen atoms in total. The molecular formula is C14H16ClIO. The van der Waals surface area contributed by atoms with Crippen molar-refractivity contribution in [2.24, 2.45) is 0 Å². The standard InChI is InChI=1S/C14H16ClIO/c1-2-3-4-5-6-7-14(17)11-8-9-13(16)12(15)10-11/h2,8-10H,1,3-7H2. The maximum absolute atomic E-state index is 11.9. The number of ketones is 1. The zero-order valence-electron chi connectivity index (χ0n) is 9.72. The Bertz CT molecular complexity index is 401. The van der Waals surface area contributed by atoms with Crippen LogP contribution in [0.25, 0.3) is 0 Å². The Labute approximate surface area is 121 Å². The third-order valence-corrected chi connectivity index (χ3v) is 4.13. The minimum absolute atomic E-state index is 0.182. The summed E-state index contributed by atoms with van der Waals surface area (Å²) in [6, 6.07) is 5.49. The maximum atomic E-state index is 11.9. The summed E-state index contributed by atoms with van der Waals surface area (Å²) in [5.41, 5.74) is 0.721. The lowest BCUT2D eigenvalue weighted by Crippen LogP contribution is -1.99. The second-order valence-electron chi connectivity index (χ2n) is 3.94. The molecule has 0 unspecified atom stereocenters. The van der Waals surface area contributed by atoms with Gasteiger partial charge < -0.3 is 0 Å². The Morgan fingerprint density at radius 3 is 2.76 bits per heavy atom. The van der Waals surface area contributed by atoms with Crippen LogP contribution in [0, 0.1) is 3.57 Å². The van der Waals surface area contributed by atoms with E-state index in [0.29, 0.717) is 11.4 Å². The normalized spacial score (nSPS) is 10.2. The molecule has 0 bridgehead atoms. The van der Waals surface area contributed by atoms with Gasteiger partial charge in [-0.1, -0.05) is 30.2 Å². The van der Waals surface area contributed by atoms with Crippen molar-refractivity contribution in [1.82, 2.24) is 0 Å². The molecule has 0 amide bonds. The molecule has 0 spiro atoms. The van der Waals surface area contributed by atoms with E-state index in [4.69, 9.17) is 11.6 Å². The van der Waals surface area contributed by atoms with Crippen LogP contribution in [0.2, 0.25) is 5.02 Å². The van der Waals surface area contributed by atoms with E-state index in [2.05, 4.69) is 29.2 Å². The monoisotopic (exact) mass is 362 g/mol. The molecule has 1 aromatic rings. The molecule has 1 aromatic carbocycles. The van der Waals surface area contributed by atoms with Crippen molar-refractivity contribution in [1.29, 1.82) is 0 Å². The first-order valence-electron chi connectivity index (χ1n) is 5.74. The van der Waals surface area contributed by atoms with Gasteiger partial charge in [0.05, 0.1) is 5.02 Å². The molecule has 0 fully saturated rings. The van der Waals surface area contributed by atoms with Gasteiger partial charge in [0.15, 0.2) is 5.78 Å². The molecule has 1 rings (SSSR count). The van der Waals surface area contributed by atoms with Crippen molar-refractivity contribution >= 4 is 40.0 Å². The SMILES string of the molecule is C=CCCCCCC(=O)c1ccc(I)c(Cl)c1. The fraction of sp³-hybridized carbons (Fsp3) is 0.357. The van der Waals surface area contributed by atoms with Crippen molar-refractivity contribution in [3.63, 3.8) is 0 Å². The lowest BCUT2D eigenvalue weighted by molar-refractivity contribution is 0.0979. The molecule has 0 aliphatic heterocycles. The van der Waals surface area contributed by atoms with E-state index in [1.54, 1.807) is 6.07 Å². The zero-order valence-corrected chi connectivity index (χ0v) is 12.6.